The molecule has 1 aromatic carbocycles. The molecule has 1 atom stereocenters. The summed E-state index contributed by atoms with van der Waals surface area (Å²) in [6.45, 7) is 0.703. The molecule has 5 nitrogen and oxygen atoms in total. The summed E-state index contributed by atoms with van der Waals surface area (Å²) in [6, 6.07) is 7.91. The summed E-state index contributed by atoms with van der Waals surface area (Å²) in [5.74, 6) is -0.297. The monoisotopic (exact) mass is 306 g/mol. The van der Waals surface area contributed by atoms with Crippen LogP contribution in [0.4, 0.5) is 0 Å². The van der Waals surface area contributed by atoms with E-state index in [0.29, 0.717) is 11.9 Å². The Labute approximate surface area is 127 Å². The van der Waals surface area contributed by atoms with Gasteiger partial charge in [0.25, 0.3) is 0 Å². The van der Waals surface area contributed by atoms with Crippen LogP contribution < -0.4 is 0 Å². The maximum atomic E-state index is 11.9. The number of hydrogen-bond donors (Lipinski definition) is 0. The minimum Gasteiger partial charge on any atom is -0.459 e. The second kappa shape index (κ2) is 5.87. The van der Waals surface area contributed by atoms with Crippen LogP contribution in [0.25, 0.3) is 0 Å². The number of halogens is 1. The van der Waals surface area contributed by atoms with Crippen LogP contribution in [-0.4, -0.2) is 15.5 Å². The predicted octanol–water partition coefficient (Wildman–Crippen LogP) is 2.78. The lowest BCUT2D eigenvalue weighted by Crippen LogP contribution is -2.11. The molecule has 0 fully saturated rings. The number of imidazole rings is 1. The maximum Gasteiger partial charge on any atom is 0.309 e. The molecular formula is C15H15ClN2O3. The van der Waals surface area contributed by atoms with Crippen LogP contribution in [0.15, 0.2) is 30.5 Å². The first kappa shape index (κ1) is 14.1. The number of ether oxygens (including phenoxy) is 2. The van der Waals surface area contributed by atoms with E-state index in [4.69, 9.17) is 21.1 Å². The third-order valence-electron chi connectivity index (χ3n) is 3.60. The Balaban J connectivity index is 1.57. The molecule has 2 heterocycles. The van der Waals surface area contributed by atoms with E-state index in [1.165, 1.54) is 0 Å². The minimum atomic E-state index is -0.297. The van der Waals surface area contributed by atoms with Crippen molar-refractivity contribution in [2.24, 2.45) is 7.05 Å². The summed E-state index contributed by atoms with van der Waals surface area (Å²) in [5, 5.41) is 0.370. The number of hydrogen-bond acceptors (Lipinski definition) is 4. The highest BCUT2D eigenvalue weighted by Gasteiger charge is 2.25. The number of carbonyl (C=O) groups is 1. The van der Waals surface area contributed by atoms with Crippen LogP contribution in [0.5, 0.6) is 0 Å². The molecule has 2 aromatic rings. The summed E-state index contributed by atoms with van der Waals surface area (Å²) in [6.07, 6.45) is 1.59. The highest BCUT2D eigenvalue weighted by Crippen LogP contribution is 2.32. The fourth-order valence-corrected chi connectivity index (χ4v) is 2.50. The van der Waals surface area contributed by atoms with Crippen molar-refractivity contribution in [2.45, 2.75) is 25.7 Å². The molecule has 0 bridgehead atoms. The van der Waals surface area contributed by atoms with E-state index in [1.807, 2.05) is 24.3 Å². The van der Waals surface area contributed by atoms with E-state index in [-0.39, 0.29) is 25.1 Å². The van der Waals surface area contributed by atoms with Crippen LogP contribution in [0.3, 0.4) is 0 Å². The molecule has 6 heteroatoms. The molecule has 0 saturated carbocycles. The average molecular weight is 307 g/mol. The van der Waals surface area contributed by atoms with E-state index in [2.05, 4.69) is 4.98 Å². The summed E-state index contributed by atoms with van der Waals surface area (Å²) in [5.41, 5.74) is 2.95. The van der Waals surface area contributed by atoms with Gasteiger partial charge < -0.3 is 14.0 Å². The third kappa shape index (κ3) is 2.94. The quantitative estimate of drug-likeness (QED) is 0.815. The van der Waals surface area contributed by atoms with Gasteiger partial charge >= 0.3 is 5.97 Å². The number of aromatic nitrogens is 2. The normalized spacial score (nSPS) is 16.8. The van der Waals surface area contributed by atoms with Gasteiger partial charge in [-0.1, -0.05) is 24.3 Å². The molecule has 0 N–H and O–H groups in total. The molecule has 1 aliphatic heterocycles. The van der Waals surface area contributed by atoms with Crippen LogP contribution in [0.2, 0.25) is 5.28 Å². The molecule has 1 unspecified atom stereocenters. The van der Waals surface area contributed by atoms with Crippen molar-refractivity contribution in [3.05, 3.63) is 52.6 Å². The van der Waals surface area contributed by atoms with Gasteiger partial charge in [-0.3, -0.25) is 4.79 Å². The lowest BCUT2D eigenvalue weighted by Gasteiger charge is -2.11. The topological polar surface area (TPSA) is 53.4 Å². The van der Waals surface area contributed by atoms with Gasteiger partial charge in [-0.2, -0.15) is 0 Å². The molecule has 0 radical (unpaired) electrons. The Morgan fingerprint density at radius 3 is 3.10 bits per heavy atom. The van der Waals surface area contributed by atoms with Crippen molar-refractivity contribution < 1.29 is 14.3 Å². The number of benzene rings is 1. The van der Waals surface area contributed by atoms with E-state index in [9.17, 15) is 4.79 Å². The van der Waals surface area contributed by atoms with Crippen molar-refractivity contribution in [3.63, 3.8) is 0 Å². The summed E-state index contributed by atoms with van der Waals surface area (Å²) >= 11 is 5.83. The van der Waals surface area contributed by atoms with Crippen LogP contribution >= 0.6 is 11.6 Å². The van der Waals surface area contributed by atoms with Crippen LogP contribution in [0.1, 0.15) is 29.3 Å². The minimum absolute atomic E-state index is 0.156. The molecule has 3 rings (SSSR count). The van der Waals surface area contributed by atoms with Gasteiger partial charge in [-0.05, 0) is 22.7 Å². The Morgan fingerprint density at radius 2 is 2.33 bits per heavy atom. The zero-order valence-electron chi connectivity index (χ0n) is 11.6. The molecule has 0 aliphatic carbocycles. The first-order valence-corrected chi connectivity index (χ1v) is 7.04. The van der Waals surface area contributed by atoms with Gasteiger partial charge in [0.1, 0.15) is 6.61 Å². The third-order valence-corrected chi connectivity index (χ3v) is 3.95. The molecular weight excluding hydrogens is 292 g/mol. The molecule has 21 heavy (non-hydrogen) atoms. The van der Waals surface area contributed by atoms with E-state index >= 15 is 0 Å². The standard InChI is InChI=1S/C15H15ClN2O3/c1-18-11(7-17-15(18)16)9-21-14(19)6-13-12-5-3-2-4-10(12)8-20-13/h2-5,7,13H,6,8-9H2,1H3. The molecule has 0 spiro atoms. The Kier molecular flexibility index (Phi) is 3.94. The zero-order chi connectivity index (χ0) is 14.8. The van der Waals surface area contributed by atoms with Gasteiger partial charge in [0.2, 0.25) is 5.28 Å². The number of nitrogens with zero attached hydrogens (tertiary/aromatic N) is 2. The van der Waals surface area contributed by atoms with Gasteiger partial charge in [0.05, 0.1) is 31.0 Å². The molecule has 1 aromatic heterocycles. The summed E-state index contributed by atoms with van der Waals surface area (Å²) in [7, 11) is 1.77. The lowest BCUT2D eigenvalue weighted by atomic mass is 10.0. The van der Waals surface area contributed by atoms with Crippen molar-refractivity contribution in [1.29, 1.82) is 0 Å². The van der Waals surface area contributed by atoms with E-state index in [1.54, 1.807) is 17.8 Å². The molecule has 110 valence electrons. The second-order valence-electron chi connectivity index (χ2n) is 4.94. The highest BCUT2D eigenvalue weighted by atomic mass is 35.5. The second-order valence-corrected chi connectivity index (χ2v) is 5.28. The lowest BCUT2D eigenvalue weighted by molar-refractivity contribution is -0.148. The summed E-state index contributed by atoms with van der Waals surface area (Å²) in [4.78, 5) is 15.9. The van der Waals surface area contributed by atoms with Crippen molar-refractivity contribution in [3.8, 4) is 0 Å². The predicted molar refractivity (Wildman–Crippen MR) is 76.6 cm³/mol. The van der Waals surface area contributed by atoms with Crippen molar-refractivity contribution >= 4 is 17.6 Å². The van der Waals surface area contributed by atoms with Gasteiger partial charge in [0.15, 0.2) is 0 Å². The largest absolute Gasteiger partial charge is 0.459 e. The fraction of sp³-hybridized carbons (Fsp3) is 0.333. The zero-order valence-corrected chi connectivity index (χ0v) is 12.3. The van der Waals surface area contributed by atoms with Gasteiger partial charge in [-0.25, -0.2) is 4.98 Å². The fourth-order valence-electron chi connectivity index (χ4n) is 2.35. The SMILES string of the molecule is Cn1c(COC(=O)CC2OCc3ccccc32)cnc1Cl. The molecule has 1 aliphatic rings. The first-order valence-electron chi connectivity index (χ1n) is 6.66. The van der Waals surface area contributed by atoms with Crippen LogP contribution in [0, 0.1) is 0 Å². The molecule has 0 saturated heterocycles. The Hall–Kier alpha value is -1.85. The van der Waals surface area contributed by atoms with E-state index in [0.717, 1.165) is 16.8 Å². The number of fused-ring (bicyclic) bond motifs is 1. The number of carbonyl (C=O) groups excluding carboxylic acids is 1. The van der Waals surface area contributed by atoms with E-state index < -0.39 is 0 Å². The van der Waals surface area contributed by atoms with Crippen LogP contribution in [-0.2, 0) is 34.5 Å². The highest BCUT2D eigenvalue weighted by molar-refractivity contribution is 6.28. The molecule has 0 amide bonds. The summed E-state index contributed by atoms with van der Waals surface area (Å²) < 4.78 is 12.6. The first-order chi connectivity index (χ1) is 10.1. The number of esters is 1. The number of rotatable bonds is 4. The smallest absolute Gasteiger partial charge is 0.309 e. The Bertz CT molecular complexity index is 669. The van der Waals surface area contributed by atoms with Crippen molar-refractivity contribution in [2.75, 3.05) is 0 Å². The van der Waals surface area contributed by atoms with Gasteiger partial charge in [0, 0.05) is 7.05 Å². The average Bonchev–Trinajstić information content (AvgIpc) is 3.03. The van der Waals surface area contributed by atoms with Crippen molar-refractivity contribution in [1.82, 2.24) is 9.55 Å². The van der Waals surface area contributed by atoms with Gasteiger partial charge in [-0.15, -0.1) is 0 Å². The maximum absolute atomic E-state index is 11.9. The Morgan fingerprint density at radius 1 is 1.52 bits per heavy atom.